The number of hydrogen-bond acceptors (Lipinski definition) is 5. The third kappa shape index (κ3) is 4.71. The van der Waals surface area contributed by atoms with Gasteiger partial charge in [-0.25, -0.2) is 4.98 Å². The Morgan fingerprint density at radius 1 is 1.16 bits per heavy atom. The second-order valence-electron chi connectivity index (χ2n) is 6.62. The van der Waals surface area contributed by atoms with E-state index >= 15 is 0 Å². The lowest BCUT2D eigenvalue weighted by Crippen LogP contribution is -2.29. The second-order valence-corrected chi connectivity index (χ2v) is 8.73. The normalized spacial score (nSPS) is 10.9. The van der Waals surface area contributed by atoms with Crippen LogP contribution in [-0.2, 0) is 0 Å². The Morgan fingerprint density at radius 3 is 2.74 bits per heavy atom. The molecule has 1 amide bonds. The smallest absolute Gasteiger partial charge is 0.252 e. The van der Waals surface area contributed by atoms with Crippen molar-refractivity contribution in [2.75, 3.05) is 24.7 Å². The molecule has 9 heteroatoms. The molecule has 0 bridgehead atoms. The zero-order valence-corrected chi connectivity index (χ0v) is 19.8. The first-order chi connectivity index (χ1) is 15.1. The van der Waals surface area contributed by atoms with Crippen molar-refractivity contribution in [3.05, 3.63) is 75.9 Å². The van der Waals surface area contributed by atoms with E-state index in [1.165, 1.54) is 0 Å². The van der Waals surface area contributed by atoms with Gasteiger partial charge >= 0.3 is 0 Å². The lowest BCUT2D eigenvalue weighted by atomic mass is 10.1. The van der Waals surface area contributed by atoms with Crippen LogP contribution in [0.4, 0.5) is 5.82 Å². The summed E-state index contributed by atoms with van der Waals surface area (Å²) in [6, 6.07) is 17.0. The fourth-order valence-electron chi connectivity index (χ4n) is 3.16. The van der Waals surface area contributed by atoms with Gasteiger partial charge in [0, 0.05) is 34.6 Å². The van der Waals surface area contributed by atoms with Crippen LogP contribution in [0.1, 0.15) is 10.4 Å². The maximum Gasteiger partial charge on any atom is 0.252 e. The lowest BCUT2D eigenvalue weighted by Gasteiger charge is -2.12. The molecule has 0 aliphatic rings. The van der Waals surface area contributed by atoms with Crippen molar-refractivity contribution in [3.8, 4) is 11.3 Å². The lowest BCUT2D eigenvalue weighted by molar-refractivity contribution is 0.0952. The molecule has 0 saturated heterocycles. The van der Waals surface area contributed by atoms with Crippen molar-refractivity contribution in [3.63, 3.8) is 0 Å². The molecule has 0 aliphatic heterocycles. The van der Waals surface area contributed by atoms with E-state index in [9.17, 15) is 4.79 Å². The Morgan fingerprint density at radius 2 is 1.94 bits per heavy atom. The van der Waals surface area contributed by atoms with Crippen LogP contribution in [0.3, 0.4) is 0 Å². The predicted octanol–water partition coefficient (Wildman–Crippen LogP) is 5.38. The minimum atomic E-state index is -0.0924. The van der Waals surface area contributed by atoms with Gasteiger partial charge in [-0.15, -0.1) is 11.8 Å². The molecule has 0 fully saturated rings. The van der Waals surface area contributed by atoms with E-state index in [0.717, 1.165) is 26.4 Å². The number of carbonyl (C=O) groups excluding carboxylic acids is 1. The number of amides is 1. The van der Waals surface area contributed by atoms with Crippen LogP contribution in [0.25, 0.3) is 16.9 Å². The van der Waals surface area contributed by atoms with E-state index < -0.39 is 0 Å². The number of aromatic nitrogens is 3. The van der Waals surface area contributed by atoms with Gasteiger partial charge in [-0.3, -0.25) is 4.79 Å². The molecular formula is C22H19BrClN5OS. The first-order valence-corrected chi connectivity index (χ1v) is 11.9. The van der Waals surface area contributed by atoms with E-state index in [-0.39, 0.29) is 5.91 Å². The molecule has 0 radical (unpaired) electrons. The summed E-state index contributed by atoms with van der Waals surface area (Å²) in [5, 5.41) is 11.3. The van der Waals surface area contributed by atoms with Gasteiger partial charge in [-0.2, -0.15) is 9.61 Å². The summed E-state index contributed by atoms with van der Waals surface area (Å²) in [4.78, 5) is 18.2. The fraction of sp³-hybridized carbons (Fsp3) is 0.136. The zero-order valence-electron chi connectivity index (χ0n) is 16.6. The van der Waals surface area contributed by atoms with Crippen LogP contribution in [0.5, 0.6) is 0 Å². The maximum absolute atomic E-state index is 12.5. The summed E-state index contributed by atoms with van der Waals surface area (Å²) in [6.07, 6.45) is 3.66. The SMILES string of the molecule is CSc1ccccc1C(=O)NCCNc1cc(-c2ccccc2Cl)nc2c(Br)cnn12. The highest BCUT2D eigenvalue weighted by molar-refractivity contribution is 9.10. The highest BCUT2D eigenvalue weighted by atomic mass is 79.9. The third-order valence-electron chi connectivity index (χ3n) is 4.65. The van der Waals surface area contributed by atoms with Crippen molar-refractivity contribution >= 4 is 56.7 Å². The van der Waals surface area contributed by atoms with Crippen molar-refractivity contribution < 1.29 is 4.79 Å². The van der Waals surface area contributed by atoms with Crippen molar-refractivity contribution in [2.45, 2.75) is 4.90 Å². The summed E-state index contributed by atoms with van der Waals surface area (Å²) in [6.45, 7) is 0.973. The topological polar surface area (TPSA) is 71.3 Å². The first kappa shape index (κ1) is 21.7. The maximum atomic E-state index is 12.5. The number of nitrogens with one attached hydrogen (secondary N) is 2. The summed E-state index contributed by atoms with van der Waals surface area (Å²) < 4.78 is 2.50. The van der Waals surface area contributed by atoms with Crippen LogP contribution in [0, 0.1) is 0 Å². The number of halogens is 2. The Labute approximate surface area is 197 Å². The van der Waals surface area contributed by atoms with Crippen molar-refractivity contribution in [1.29, 1.82) is 0 Å². The quantitative estimate of drug-likeness (QED) is 0.255. The molecule has 31 heavy (non-hydrogen) atoms. The molecule has 6 nitrogen and oxygen atoms in total. The standard InChI is InChI=1S/C22H19BrClN5OS/c1-31-19-9-5-3-7-15(19)22(30)26-11-10-25-20-12-18(14-6-2-4-8-17(14)24)28-21-16(23)13-27-29(20)21/h2-9,12-13,25H,10-11H2,1H3,(H,26,30). The minimum Gasteiger partial charge on any atom is -0.368 e. The summed E-state index contributed by atoms with van der Waals surface area (Å²) >= 11 is 11.4. The highest BCUT2D eigenvalue weighted by Crippen LogP contribution is 2.30. The molecule has 2 heterocycles. The van der Waals surface area contributed by atoms with E-state index in [2.05, 4.69) is 31.7 Å². The minimum absolute atomic E-state index is 0.0924. The highest BCUT2D eigenvalue weighted by Gasteiger charge is 2.14. The van der Waals surface area contributed by atoms with Crippen LogP contribution >= 0.6 is 39.3 Å². The van der Waals surface area contributed by atoms with E-state index in [1.807, 2.05) is 60.9 Å². The van der Waals surface area contributed by atoms with E-state index in [4.69, 9.17) is 16.6 Å². The molecular weight excluding hydrogens is 498 g/mol. The monoisotopic (exact) mass is 515 g/mol. The number of fused-ring (bicyclic) bond motifs is 1. The van der Waals surface area contributed by atoms with Gasteiger partial charge in [0.05, 0.1) is 21.9 Å². The Hall–Kier alpha value is -2.55. The molecule has 0 atom stereocenters. The third-order valence-corrected chi connectivity index (χ3v) is 6.33. The molecule has 158 valence electrons. The van der Waals surface area contributed by atoms with E-state index in [1.54, 1.807) is 22.5 Å². The molecule has 2 aromatic heterocycles. The second kappa shape index (κ2) is 9.72. The molecule has 0 saturated carbocycles. The van der Waals surface area contributed by atoms with Crippen LogP contribution in [0.2, 0.25) is 5.02 Å². The fourth-order valence-corrected chi connectivity index (χ4v) is 4.34. The molecule has 0 aliphatic carbocycles. The average Bonchev–Trinajstić information content (AvgIpc) is 3.17. The number of rotatable bonds is 7. The van der Waals surface area contributed by atoms with Crippen molar-refractivity contribution in [1.82, 2.24) is 19.9 Å². The molecule has 0 spiro atoms. The largest absolute Gasteiger partial charge is 0.368 e. The van der Waals surface area contributed by atoms with E-state index in [0.29, 0.717) is 29.3 Å². The van der Waals surface area contributed by atoms with Gasteiger partial charge in [0.1, 0.15) is 5.82 Å². The zero-order chi connectivity index (χ0) is 21.8. The number of carbonyl (C=O) groups is 1. The Kier molecular flexibility index (Phi) is 6.80. The Balaban J connectivity index is 1.51. The molecule has 4 rings (SSSR count). The number of benzene rings is 2. The van der Waals surface area contributed by atoms with Crippen molar-refractivity contribution in [2.24, 2.45) is 0 Å². The van der Waals surface area contributed by atoms with Gasteiger partial charge in [0.2, 0.25) is 0 Å². The molecule has 2 N–H and O–H groups in total. The van der Waals surface area contributed by atoms with Gasteiger partial charge < -0.3 is 10.6 Å². The summed E-state index contributed by atoms with van der Waals surface area (Å²) in [5.41, 5.74) is 2.93. The summed E-state index contributed by atoms with van der Waals surface area (Å²) in [5.74, 6) is 0.662. The number of anilines is 1. The number of thioether (sulfide) groups is 1. The average molecular weight is 517 g/mol. The van der Waals surface area contributed by atoms with Crippen LogP contribution in [-0.4, -0.2) is 39.9 Å². The molecule has 2 aromatic carbocycles. The molecule has 0 unspecified atom stereocenters. The van der Waals surface area contributed by atoms with Crippen LogP contribution in [0.15, 0.2) is 70.2 Å². The van der Waals surface area contributed by atoms with Gasteiger partial charge in [-0.1, -0.05) is 41.9 Å². The van der Waals surface area contributed by atoms with Gasteiger partial charge in [0.15, 0.2) is 5.65 Å². The Bertz CT molecular complexity index is 1250. The molecule has 4 aromatic rings. The summed E-state index contributed by atoms with van der Waals surface area (Å²) in [7, 11) is 0. The number of nitrogens with zero attached hydrogens (tertiary/aromatic N) is 3. The van der Waals surface area contributed by atoms with Gasteiger partial charge in [0.25, 0.3) is 5.91 Å². The number of hydrogen-bond donors (Lipinski definition) is 2. The van der Waals surface area contributed by atoms with Crippen LogP contribution < -0.4 is 10.6 Å². The van der Waals surface area contributed by atoms with Gasteiger partial charge in [-0.05, 0) is 40.4 Å². The first-order valence-electron chi connectivity index (χ1n) is 9.52. The predicted molar refractivity (Wildman–Crippen MR) is 130 cm³/mol.